The molecule has 1 fully saturated rings. The van der Waals surface area contributed by atoms with Crippen LogP contribution in [0.3, 0.4) is 0 Å². The fourth-order valence-corrected chi connectivity index (χ4v) is 4.05. The monoisotopic (exact) mass is 364 g/mol. The van der Waals surface area contributed by atoms with Crippen molar-refractivity contribution in [1.82, 2.24) is 10.2 Å². The molecule has 1 saturated heterocycles. The SMILES string of the molecule is COC(=O)c1cccc(CN2C(=O)N[C@]3(CCCc4ccccc43)C2=O)c1. The van der Waals surface area contributed by atoms with E-state index in [1.54, 1.807) is 24.3 Å². The molecule has 1 heterocycles. The van der Waals surface area contributed by atoms with Crippen molar-refractivity contribution in [1.29, 1.82) is 0 Å². The fraction of sp³-hybridized carbons (Fsp3) is 0.286. The molecule has 3 amide bonds. The Bertz CT molecular complexity index is 939. The van der Waals surface area contributed by atoms with E-state index in [1.807, 2.05) is 24.3 Å². The minimum atomic E-state index is -0.980. The molecule has 4 rings (SSSR count). The number of urea groups is 1. The Labute approximate surface area is 157 Å². The smallest absolute Gasteiger partial charge is 0.337 e. The topological polar surface area (TPSA) is 75.7 Å². The van der Waals surface area contributed by atoms with E-state index < -0.39 is 17.5 Å². The number of nitrogens with zero attached hydrogens (tertiary/aromatic N) is 1. The minimum Gasteiger partial charge on any atom is -0.465 e. The minimum absolute atomic E-state index is 0.111. The predicted molar refractivity (Wildman–Crippen MR) is 97.9 cm³/mol. The van der Waals surface area contributed by atoms with E-state index in [-0.39, 0.29) is 12.5 Å². The van der Waals surface area contributed by atoms with Crippen LogP contribution in [0.1, 0.15) is 39.9 Å². The van der Waals surface area contributed by atoms with Crippen molar-refractivity contribution in [2.75, 3.05) is 7.11 Å². The van der Waals surface area contributed by atoms with Gasteiger partial charge in [-0.2, -0.15) is 0 Å². The maximum absolute atomic E-state index is 13.3. The van der Waals surface area contributed by atoms with Crippen LogP contribution in [0.5, 0.6) is 0 Å². The normalized spacial score (nSPS) is 21.1. The summed E-state index contributed by atoms with van der Waals surface area (Å²) < 4.78 is 4.73. The highest BCUT2D eigenvalue weighted by Gasteiger charge is 2.53. The summed E-state index contributed by atoms with van der Waals surface area (Å²) >= 11 is 0. The van der Waals surface area contributed by atoms with Gasteiger partial charge in [0.25, 0.3) is 5.91 Å². The molecular formula is C21H20N2O4. The third-order valence-corrected chi connectivity index (χ3v) is 5.34. The van der Waals surface area contributed by atoms with Crippen LogP contribution in [0.15, 0.2) is 48.5 Å². The van der Waals surface area contributed by atoms with E-state index >= 15 is 0 Å². The first-order chi connectivity index (χ1) is 13.0. The van der Waals surface area contributed by atoms with E-state index in [0.717, 1.165) is 24.0 Å². The molecule has 1 atom stereocenters. The number of esters is 1. The Kier molecular flexibility index (Phi) is 4.18. The molecule has 27 heavy (non-hydrogen) atoms. The highest BCUT2D eigenvalue weighted by Crippen LogP contribution is 2.40. The van der Waals surface area contributed by atoms with Crippen LogP contribution in [-0.2, 0) is 28.0 Å². The second-order valence-corrected chi connectivity index (χ2v) is 6.93. The molecular weight excluding hydrogens is 344 g/mol. The van der Waals surface area contributed by atoms with E-state index in [9.17, 15) is 14.4 Å². The number of carbonyl (C=O) groups is 3. The number of hydrogen-bond acceptors (Lipinski definition) is 4. The number of nitrogens with one attached hydrogen (secondary N) is 1. The van der Waals surface area contributed by atoms with Gasteiger partial charge in [0.15, 0.2) is 0 Å². The van der Waals surface area contributed by atoms with Gasteiger partial charge in [-0.25, -0.2) is 9.59 Å². The first-order valence-electron chi connectivity index (χ1n) is 8.95. The van der Waals surface area contributed by atoms with Crippen molar-refractivity contribution >= 4 is 17.9 Å². The number of imide groups is 1. The van der Waals surface area contributed by atoms with E-state index in [4.69, 9.17) is 4.74 Å². The Morgan fingerprint density at radius 1 is 1.19 bits per heavy atom. The van der Waals surface area contributed by atoms with Crippen molar-refractivity contribution in [3.63, 3.8) is 0 Å². The first kappa shape index (κ1) is 17.3. The van der Waals surface area contributed by atoms with Gasteiger partial charge >= 0.3 is 12.0 Å². The fourth-order valence-electron chi connectivity index (χ4n) is 4.05. The van der Waals surface area contributed by atoms with Gasteiger partial charge in [0.05, 0.1) is 19.2 Å². The van der Waals surface area contributed by atoms with Crippen LogP contribution >= 0.6 is 0 Å². The molecule has 1 N–H and O–H groups in total. The molecule has 0 saturated carbocycles. The summed E-state index contributed by atoms with van der Waals surface area (Å²) in [4.78, 5) is 38.9. The Balaban J connectivity index is 1.65. The molecule has 2 aliphatic rings. The molecule has 1 spiro atoms. The second-order valence-electron chi connectivity index (χ2n) is 6.93. The van der Waals surface area contributed by atoms with Gasteiger partial charge < -0.3 is 10.1 Å². The summed E-state index contributed by atoms with van der Waals surface area (Å²) in [5.74, 6) is -0.685. The number of rotatable bonds is 3. The van der Waals surface area contributed by atoms with Gasteiger partial charge in [0, 0.05) is 0 Å². The van der Waals surface area contributed by atoms with Crippen LogP contribution in [0.2, 0.25) is 0 Å². The Morgan fingerprint density at radius 2 is 2.00 bits per heavy atom. The van der Waals surface area contributed by atoms with Crippen molar-refractivity contribution in [3.8, 4) is 0 Å². The number of benzene rings is 2. The average Bonchev–Trinajstić information content (AvgIpc) is 2.93. The third-order valence-electron chi connectivity index (χ3n) is 5.34. The Morgan fingerprint density at radius 3 is 2.81 bits per heavy atom. The van der Waals surface area contributed by atoms with Gasteiger partial charge in [-0.3, -0.25) is 9.69 Å². The molecule has 138 valence electrons. The van der Waals surface area contributed by atoms with Crippen molar-refractivity contribution in [3.05, 3.63) is 70.8 Å². The predicted octanol–water partition coefficient (Wildman–Crippen LogP) is 2.76. The van der Waals surface area contributed by atoms with Crippen LogP contribution in [0.25, 0.3) is 0 Å². The van der Waals surface area contributed by atoms with Crippen molar-refractivity contribution in [2.45, 2.75) is 31.3 Å². The molecule has 1 aliphatic carbocycles. The number of fused-ring (bicyclic) bond motifs is 2. The van der Waals surface area contributed by atoms with Crippen LogP contribution in [0, 0.1) is 0 Å². The lowest BCUT2D eigenvalue weighted by atomic mass is 9.76. The number of methoxy groups -OCH3 is 1. The highest BCUT2D eigenvalue weighted by molar-refractivity contribution is 6.07. The molecule has 6 nitrogen and oxygen atoms in total. The van der Waals surface area contributed by atoms with E-state index in [0.29, 0.717) is 17.5 Å². The molecule has 0 bridgehead atoms. The van der Waals surface area contributed by atoms with Crippen LogP contribution < -0.4 is 5.32 Å². The molecule has 2 aromatic rings. The lowest BCUT2D eigenvalue weighted by molar-refractivity contribution is -0.132. The zero-order chi connectivity index (χ0) is 19.0. The summed E-state index contributed by atoms with van der Waals surface area (Å²) in [5, 5.41) is 2.94. The zero-order valence-electron chi connectivity index (χ0n) is 15.0. The summed E-state index contributed by atoms with van der Waals surface area (Å²) in [6.07, 6.45) is 2.34. The van der Waals surface area contributed by atoms with Gasteiger partial charge in [-0.05, 0) is 48.1 Å². The first-order valence-corrected chi connectivity index (χ1v) is 8.95. The molecule has 2 aromatic carbocycles. The average molecular weight is 364 g/mol. The van der Waals surface area contributed by atoms with Gasteiger partial charge in [-0.15, -0.1) is 0 Å². The maximum Gasteiger partial charge on any atom is 0.337 e. The van der Waals surface area contributed by atoms with Crippen LogP contribution in [0.4, 0.5) is 4.79 Å². The van der Waals surface area contributed by atoms with Crippen LogP contribution in [-0.4, -0.2) is 29.9 Å². The Hall–Kier alpha value is -3.15. The maximum atomic E-state index is 13.3. The summed E-state index contributed by atoms with van der Waals surface area (Å²) in [7, 11) is 1.32. The van der Waals surface area contributed by atoms with Gasteiger partial charge in [-0.1, -0.05) is 36.4 Å². The number of hydrogen-bond donors (Lipinski definition) is 1. The highest BCUT2D eigenvalue weighted by atomic mass is 16.5. The van der Waals surface area contributed by atoms with E-state index in [1.165, 1.54) is 12.0 Å². The molecule has 6 heteroatoms. The summed E-state index contributed by atoms with van der Waals surface area (Å²) in [6.45, 7) is 0.111. The van der Waals surface area contributed by atoms with Crippen molar-refractivity contribution < 1.29 is 19.1 Å². The van der Waals surface area contributed by atoms with Gasteiger partial charge in [0.2, 0.25) is 0 Å². The standard InChI is InChI=1S/C21H20N2O4/c1-27-18(24)16-8-4-6-14(12-16)13-23-19(25)21(22-20(23)26)11-5-9-15-7-2-3-10-17(15)21/h2-4,6-8,10,12H,5,9,11,13H2,1H3,(H,22,26)/t21-/m0/s1. The lowest BCUT2D eigenvalue weighted by Gasteiger charge is -2.33. The largest absolute Gasteiger partial charge is 0.465 e. The molecule has 1 aliphatic heterocycles. The quantitative estimate of drug-likeness (QED) is 0.671. The summed E-state index contributed by atoms with van der Waals surface area (Å²) in [5.41, 5.74) is 2.10. The molecule has 0 radical (unpaired) electrons. The van der Waals surface area contributed by atoms with E-state index in [2.05, 4.69) is 5.32 Å². The molecule has 0 aromatic heterocycles. The van der Waals surface area contributed by atoms with Gasteiger partial charge in [0.1, 0.15) is 5.54 Å². The third kappa shape index (κ3) is 2.77. The zero-order valence-corrected chi connectivity index (χ0v) is 15.0. The lowest BCUT2D eigenvalue weighted by Crippen LogP contribution is -2.46. The number of amides is 3. The number of ether oxygens (including phenoxy) is 1. The number of carbonyl (C=O) groups excluding carboxylic acids is 3. The van der Waals surface area contributed by atoms with Crippen molar-refractivity contribution in [2.24, 2.45) is 0 Å². The molecule has 0 unspecified atom stereocenters. The second kappa shape index (κ2) is 6.54. The number of aryl methyl sites for hydroxylation is 1. The summed E-state index contributed by atoms with van der Waals surface area (Å²) in [6, 6.07) is 14.2.